The van der Waals surface area contributed by atoms with Gasteiger partial charge in [0.1, 0.15) is 23.6 Å². The van der Waals surface area contributed by atoms with Gasteiger partial charge in [-0.1, -0.05) is 23.2 Å². The maximum absolute atomic E-state index is 11.8. The summed E-state index contributed by atoms with van der Waals surface area (Å²) in [6, 6.07) is 6.40. The summed E-state index contributed by atoms with van der Waals surface area (Å²) in [5.74, 6) is 0.760. The number of anilines is 2. The third-order valence-corrected chi connectivity index (χ3v) is 5.21. The Bertz CT molecular complexity index is 1130. The molecular formula is C20H18Cl2N4O5. The number of ether oxygens (including phenoxy) is 3. The molecule has 0 unspecified atom stereocenters. The van der Waals surface area contributed by atoms with Gasteiger partial charge in [0.25, 0.3) is 0 Å². The molecule has 11 heteroatoms. The van der Waals surface area contributed by atoms with Gasteiger partial charge in [-0.15, -0.1) is 0 Å². The third-order valence-electron chi connectivity index (χ3n) is 4.32. The topological polar surface area (TPSA) is 109 Å². The van der Waals surface area contributed by atoms with Crippen LogP contribution in [0.25, 0.3) is 0 Å². The molecule has 162 valence electrons. The zero-order valence-corrected chi connectivity index (χ0v) is 18.5. The van der Waals surface area contributed by atoms with Crippen molar-refractivity contribution in [3.63, 3.8) is 0 Å². The van der Waals surface area contributed by atoms with E-state index in [9.17, 15) is 10.1 Å². The minimum absolute atomic E-state index is 0.100. The summed E-state index contributed by atoms with van der Waals surface area (Å²) in [4.78, 5) is 19.1. The van der Waals surface area contributed by atoms with Crippen molar-refractivity contribution >= 4 is 40.4 Å². The summed E-state index contributed by atoms with van der Waals surface area (Å²) in [5, 5.41) is 15.6. The third kappa shape index (κ3) is 4.73. The van der Waals surface area contributed by atoms with Crippen molar-refractivity contribution in [1.29, 1.82) is 0 Å². The summed E-state index contributed by atoms with van der Waals surface area (Å²) in [5.41, 5.74) is 1.43. The van der Waals surface area contributed by atoms with Crippen molar-refractivity contribution in [1.82, 2.24) is 9.97 Å². The lowest BCUT2D eigenvalue weighted by atomic mass is 10.1. The summed E-state index contributed by atoms with van der Waals surface area (Å²) in [6.45, 7) is 3.62. The molecule has 3 rings (SSSR count). The number of hydrogen-bond acceptors (Lipinski definition) is 8. The number of halogens is 2. The highest BCUT2D eigenvalue weighted by atomic mass is 35.5. The summed E-state index contributed by atoms with van der Waals surface area (Å²) >= 11 is 12.4. The molecule has 1 heterocycles. The number of benzene rings is 2. The molecule has 0 amide bonds. The van der Waals surface area contributed by atoms with Crippen LogP contribution in [0.15, 0.2) is 30.6 Å². The highest BCUT2D eigenvalue weighted by Crippen LogP contribution is 2.41. The molecular weight excluding hydrogens is 447 g/mol. The largest absolute Gasteiger partial charge is 0.495 e. The number of aryl methyl sites for hydroxylation is 2. The van der Waals surface area contributed by atoms with Gasteiger partial charge in [-0.3, -0.25) is 10.1 Å². The molecule has 0 radical (unpaired) electrons. The molecule has 0 aliphatic carbocycles. The second-order valence-electron chi connectivity index (χ2n) is 6.42. The van der Waals surface area contributed by atoms with Crippen LogP contribution < -0.4 is 19.5 Å². The van der Waals surface area contributed by atoms with Gasteiger partial charge in [-0.25, -0.2) is 4.98 Å². The molecule has 1 aromatic heterocycles. The highest BCUT2D eigenvalue weighted by molar-refractivity contribution is 6.32. The number of nitrogens with one attached hydrogen (secondary N) is 1. The van der Waals surface area contributed by atoms with Crippen LogP contribution in [0, 0.1) is 24.0 Å². The van der Waals surface area contributed by atoms with Gasteiger partial charge in [0.05, 0.1) is 29.9 Å². The Morgan fingerprint density at radius 1 is 1.00 bits per heavy atom. The molecule has 31 heavy (non-hydrogen) atoms. The Morgan fingerprint density at radius 3 is 2.23 bits per heavy atom. The molecule has 0 spiro atoms. The molecule has 0 saturated carbocycles. The molecule has 0 fully saturated rings. The summed E-state index contributed by atoms with van der Waals surface area (Å²) in [6.07, 6.45) is 1.15. The van der Waals surface area contributed by atoms with E-state index < -0.39 is 10.6 Å². The number of aromatic nitrogens is 2. The lowest BCUT2D eigenvalue weighted by Gasteiger charge is -2.14. The second-order valence-corrected chi connectivity index (χ2v) is 7.20. The first kappa shape index (κ1) is 22.4. The first-order chi connectivity index (χ1) is 14.7. The zero-order chi connectivity index (χ0) is 22.7. The molecule has 9 nitrogen and oxygen atoms in total. The van der Waals surface area contributed by atoms with Crippen LogP contribution in [0.3, 0.4) is 0 Å². The fourth-order valence-corrected chi connectivity index (χ4v) is 3.21. The predicted octanol–water partition coefficient (Wildman–Crippen LogP) is 5.86. The van der Waals surface area contributed by atoms with E-state index in [2.05, 4.69) is 15.3 Å². The van der Waals surface area contributed by atoms with Gasteiger partial charge in [0.2, 0.25) is 5.82 Å². The predicted molar refractivity (Wildman–Crippen MR) is 118 cm³/mol. The van der Waals surface area contributed by atoms with Crippen LogP contribution in [-0.4, -0.2) is 29.1 Å². The van der Waals surface area contributed by atoms with Gasteiger partial charge >= 0.3 is 11.6 Å². The number of nitrogens with zero attached hydrogens (tertiary/aromatic N) is 3. The van der Waals surface area contributed by atoms with E-state index in [1.165, 1.54) is 20.3 Å². The van der Waals surface area contributed by atoms with Crippen LogP contribution in [0.1, 0.15) is 11.1 Å². The molecule has 0 atom stereocenters. The van der Waals surface area contributed by atoms with E-state index >= 15 is 0 Å². The van der Waals surface area contributed by atoms with Crippen molar-refractivity contribution in [3.8, 4) is 23.1 Å². The number of rotatable bonds is 7. The Kier molecular flexibility index (Phi) is 6.67. The minimum Gasteiger partial charge on any atom is -0.495 e. The van der Waals surface area contributed by atoms with Gasteiger partial charge < -0.3 is 19.5 Å². The quantitative estimate of drug-likeness (QED) is 0.341. The monoisotopic (exact) mass is 464 g/mol. The van der Waals surface area contributed by atoms with Crippen molar-refractivity contribution < 1.29 is 19.1 Å². The molecule has 1 N–H and O–H groups in total. The standard InChI is InChI=1S/C20H18Cl2N4O5/c1-10-5-12(6-11(2)17(10)22)31-20-18(26(27)28)19(23-9-24-20)25-14-7-13(21)15(29-3)8-16(14)30-4/h5-9H,1-4H3,(H,23,24,25). The Hall–Kier alpha value is -3.30. The summed E-state index contributed by atoms with van der Waals surface area (Å²) < 4.78 is 16.2. The van der Waals surface area contributed by atoms with Gasteiger partial charge in [0, 0.05) is 11.1 Å². The first-order valence-electron chi connectivity index (χ1n) is 8.87. The van der Waals surface area contributed by atoms with E-state index in [0.29, 0.717) is 28.0 Å². The van der Waals surface area contributed by atoms with Crippen LogP contribution in [-0.2, 0) is 0 Å². The SMILES string of the molecule is COc1cc(OC)c(Nc2ncnc(Oc3cc(C)c(Cl)c(C)c3)c2[N+](=O)[O-])cc1Cl. The average Bonchev–Trinajstić information content (AvgIpc) is 2.72. The van der Waals surface area contributed by atoms with Gasteiger partial charge in [-0.05, 0) is 43.2 Å². The zero-order valence-electron chi connectivity index (χ0n) is 17.0. The van der Waals surface area contributed by atoms with Crippen LogP contribution in [0.4, 0.5) is 17.2 Å². The molecule has 2 aromatic carbocycles. The van der Waals surface area contributed by atoms with Crippen molar-refractivity contribution in [3.05, 3.63) is 61.9 Å². The first-order valence-corrected chi connectivity index (χ1v) is 9.63. The van der Waals surface area contributed by atoms with E-state index in [4.69, 9.17) is 37.4 Å². The van der Waals surface area contributed by atoms with Crippen LogP contribution >= 0.6 is 23.2 Å². The van der Waals surface area contributed by atoms with Crippen molar-refractivity contribution in [2.24, 2.45) is 0 Å². The highest BCUT2D eigenvalue weighted by Gasteiger charge is 2.26. The lowest BCUT2D eigenvalue weighted by molar-refractivity contribution is -0.385. The molecule has 0 aliphatic heterocycles. The van der Waals surface area contributed by atoms with Gasteiger partial charge in [0.15, 0.2) is 0 Å². The van der Waals surface area contributed by atoms with E-state index in [-0.39, 0.29) is 16.7 Å². The van der Waals surface area contributed by atoms with E-state index in [0.717, 1.165) is 17.5 Å². The second kappa shape index (κ2) is 9.23. The molecule has 0 aliphatic rings. The van der Waals surface area contributed by atoms with Crippen molar-refractivity contribution in [2.45, 2.75) is 13.8 Å². The number of nitro groups is 1. The average molecular weight is 465 g/mol. The van der Waals surface area contributed by atoms with Crippen LogP contribution in [0.5, 0.6) is 23.1 Å². The molecule has 3 aromatic rings. The Balaban J connectivity index is 2.04. The summed E-state index contributed by atoms with van der Waals surface area (Å²) in [7, 11) is 2.91. The lowest BCUT2D eigenvalue weighted by Crippen LogP contribution is -2.05. The number of hydrogen-bond donors (Lipinski definition) is 1. The fraction of sp³-hybridized carbons (Fsp3) is 0.200. The minimum atomic E-state index is -0.634. The van der Waals surface area contributed by atoms with Gasteiger partial charge in [-0.2, -0.15) is 4.98 Å². The van der Waals surface area contributed by atoms with E-state index in [1.54, 1.807) is 18.2 Å². The maximum Gasteiger partial charge on any atom is 0.373 e. The Morgan fingerprint density at radius 2 is 1.65 bits per heavy atom. The van der Waals surface area contributed by atoms with Crippen molar-refractivity contribution in [2.75, 3.05) is 19.5 Å². The van der Waals surface area contributed by atoms with E-state index in [1.807, 2.05) is 13.8 Å². The maximum atomic E-state index is 11.8. The smallest absolute Gasteiger partial charge is 0.373 e. The Labute approximate surface area is 188 Å². The molecule has 0 saturated heterocycles. The normalized spacial score (nSPS) is 10.5. The fourth-order valence-electron chi connectivity index (χ4n) is 2.86. The van der Waals surface area contributed by atoms with Crippen LogP contribution in [0.2, 0.25) is 10.0 Å². The number of methoxy groups -OCH3 is 2. The molecule has 0 bridgehead atoms.